The predicted octanol–water partition coefficient (Wildman–Crippen LogP) is 2.85. The largest absolute Gasteiger partial charge is 0.318 e. The Balaban J connectivity index is 2.70. The van der Waals surface area contributed by atoms with Gasteiger partial charge in [-0.3, -0.25) is 4.79 Å². The van der Waals surface area contributed by atoms with E-state index in [1.807, 2.05) is 0 Å². The van der Waals surface area contributed by atoms with Gasteiger partial charge in [0.2, 0.25) is 0 Å². The molecule has 0 saturated carbocycles. The van der Waals surface area contributed by atoms with Crippen molar-refractivity contribution in [3.8, 4) is 5.69 Å². The summed E-state index contributed by atoms with van der Waals surface area (Å²) in [5.74, 6) is -0.832. The average molecular weight is 267 g/mol. The first-order chi connectivity index (χ1) is 8.52. The van der Waals surface area contributed by atoms with E-state index in [1.54, 1.807) is 6.92 Å². The normalized spacial score (nSPS) is 10.7. The van der Waals surface area contributed by atoms with Crippen molar-refractivity contribution in [1.29, 1.82) is 0 Å². The monoisotopic (exact) mass is 267 g/mol. The molecule has 1 heterocycles. The van der Waals surface area contributed by atoms with Gasteiger partial charge in [-0.1, -0.05) is 0 Å². The number of benzene rings is 1. The number of halogens is 2. The highest BCUT2D eigenvalue weighted by Crippen LogP contribution is 2.17. The van der Waals surface area contributed by atoms with Crippen LogP contribution in [0.15, 0.2) is 35.3 Å². The second-order valence-corrected chi connectivity index (χ2v) is 4.24. The maximum absolute atomic E-state index is 13.7. The third kappa shape index (κ3) is 2.31. The maximum atomic E-state index is 13.7. The summed E-state index contributed by atoms with van der Waals surface area (Å²) < 4.78 is 28.3. The summed E-state index contributed by atoms with van der Waals surface area (Å²) in [7, 11) is 0. The number of nitrogens with zero attached hydrogens (tertiary/aromatic N) is 1. The molecule has 18 heavy (non-hydrogen) atoms. The molecule has 0 spiro atoms. The average Bonchev–Trinajstić information content (AvgIpc) is 2.33. The molecular formula is C13H11F2NOS. The molecule has 0 bridgehead atoms. The number of rotatable bonds is 2. The molecule has 1 aromatic carbocycles. The van der Waals surface area contributed by atoms with Crippen LogP contribution in [-0.2, 0) is 5.75 Å². The van der Waals surface area contributed by atoms with Gasteiger partial charge in [-0.25, -0.2) is 8.78 Å². The number of aryl methyl sites for hydroxylation is 1. The molecule has 1 aromatic heterocycles. The summed E-state index contributed by atoms with van der Waals surface area (Å²) in [6.45, 7) is 1.66. The highest BCUT2D eigenvalue weighted by molar-refractivity contribution is 7.79. The zero-order valence-corrected chi connectivity index (χ0v) is 10.5. The van der Waals surface area contributed by atoms with Gasteiger partial charge < -0.3 is 4.57 Å². The van der Waals surface area contributed by atoms with Gasteiger partial charge in [0.25, 0.3) is 0 Å². The van der Waals surface area contributed by atoms with Gasteiger partial charge in [0, 0.05) is 35.3 Å². The van der Waals surface area contributed by atoms with Gasteiger partial charge in [0.15, 0.2) is 5.43 Å². The fourth-order valence-electron chi connectivity index (χ4n) is 1.72. The summed E-state index contributed by atoms with van der Waals surface area (Å²) in [6.07, 6.45) is 1.49. The number of pyridine rings is 1. The number of hydrogen-bond donors (Lipinski definition) is 1. The van der Waals surface area contributed by atoms with Gasteiger partial charge in [0.05, 0.1) is 5.69 Å². The second-order valence-electron chi connectivity index (χ2n) is 3.93. The molecule has 2 nitrogen and oxygen atoms in total. The van der Waals surface area contributed by atoms with Crippen LogP contribution in [0.4, 0.5) is 8.78 Å². The van der Waals surface area contributed by atoms with E-state index < -0.39 is 11.6 Å². The Hall–Kier alpha value is -1.62. The van der Waals surface area contributed by atoms with Crippen LogP contribution in [0.1, 0.15) is 11.3 Å². The lowest BCUT2D eigenvalue weighted by atomic mass is 10.2. The molecule has 0 atom stereocenters. The van der Waals surface area contributed by atoms with E-state index in [1.165, 1.54) is 16.8 Å². The Bertz CT molecular complexity index is 652. The van der Waals surface area contributed by atoms with Crippen molar-refractivity contribution in [2.24, 2.45) is 0 Å². The van der Waals surface area contributed by atoms with E-state index in [4.69, 9.17) is 0 Å². The van der Waals surface area contributed by atoms with E-state index in [0.717, 1.165) is 18.2 Å². The topological polar surface area (TPSA) is 22.0 Å². The van der Waals surface area contributed by atoms with Crippen molar-refractivity contribution in [3.05, 3.63) is 63.6 Å². The molecule has 0 N–H and O–H groups in total. The molecule has 2 rings (SSSR count). The minimum Gasteiger partial charge on any atom is -0.318 e. The van der Waals surface area contributed by atoms with Crippen molar-refractivity contribution in [3.63, 3.8) is 0 Å². The van der Waals surface area contributed by atoms with Crippen LogP contribution < -0.4 is 5.43 Å². The highest BCUT2D eigenvalue weighted by atomic mass is 32.1. The van der Waals surface area contributed by atoms with Gasteiger partial charge in [0.1, 0.15) is 11.6 Å². The molecule has 0 fully saturated rings. The molecule has 0 amide bonds. The van der Waals surface area contributed by atoms with Crippen molar-refractivity contribution in [2.45, 2.75) is 12.7 Å². The molecule has 0 radical (unpaired) electrons. The minimum atomic E-state index is -0.548. The Labute approximate surface area is 108 Å². The van der Waals surface area contributed by atoms with Crippen molar-refractivity contribution >= 4 is 12.6 Å². The van der Waals surface area contributed by atoms with Crippen LogP contribution in [0, 0.1) is 18.6 Å². The molecule has 2 aromatic rings. The van der Waals surface area contributed by atoms with Crippen LogP contribution in [-0.4, -0.2) is 4.57 Å². The Kier molecular flexibility index (Phi) is 3.52. The SMILES string of the molecule is Cc1cc(=O)c(CS)cn1-c1cc(F)ccc1F. The molecule has 5 heteroatoms. The summed E-state index contributed by atoms with van der Waals surface area (Å²) in [4.78, 5) is 11.6. The van der Waals surface area contributed by atoms with Gasteiger partial charge in [-0.05, 0) is 19.1 Å². The Morgan fingerprint density at radius 3 is 2.67 bits per heavy atom. The van der Waals surface area contributed by atoms with Crippen molar-refractivity contribution < 1.29 is 8.78 Å². The highest BCUT2D eigenvalue weighted by Gasteiger charge is 2.09. The second kappa shape index (κ2) is 4.94. The van der Waals surface area contributed by atoms with E-state index in [-0.39, 0.29) is 16.9 Å². The first kappa shape index (κ1) is 12.8. The van der Waals surface area contributed by atoms with E-state index >= 15 is 0 Å². The number of aromatic nitrogens is 1. The third-order valence-electron chi connectivity index (χ3n) is 2.66. The minimum absolute atomic E-state index is 0.0792. The molecule has 0 aliphatic carbocycles. The Morgan fingerprint density at radius 1 is 1.28 bits per heavy atom. The van der Waals surface area contributed by atoms with E-state index in [9.17, 15) is 13.6 Å². The van der Waals surface area contributed by atoms with Crippen LogP contribution >= 0.6 is 12.6 Å². The molecule has 0 saturated heterocycles. The summed E-state index contributed by atoms with van der Waals surface area (Å²) in [6, 6.07) is 4.59. The smallest absolute Gasteiger partial charge is 0.185 e. The third-order valence-corrected chi connectivity index (χ3v) is 3.00. The lowest BCUT2D eigenvalue weighted by Crippen LogP contribution is -2.14. The molecular weight excluding hydrogens is 256 g/mol. The lowest BCUT2D eigenvalue weighted by Gasteiger charge is -2.13. The predicted molar refractivity (Wildman–Crippen MR) is 69.4 cm³/mol. The van der Waals surface area contributed by atoms with Gasteiger partial charge in [-0.15, -0.1) is 0 Å². The molecule has 0 aliphatic heterocycles. The summed E-state index contributed by atoms with van der Waals surface area (Å²) in [5, 5.41) is 0. The molecule has 0 aliphatic rings. The van der Waals surface area contributed by atoms with E-state index in [2.05, 4.69) is 12.6 Å². The van der Waals surface area contributed by atoms with E-state index in [0.29, 0.717) is 11.3 Å². The number of hydrogen-bond acceptors (Lipinski definition) is 2. The van der Waals surface area contributed by atoms with Crippen molar-refractivity contribution in [2.75, 3.05) is 0 Å². The van der Waals surface area contributed by atoms with Crippen LogP contribution in [0.3, 0.4) is 0 Å². The van der Waals surface area contributed by atoms with Crippen LogP contribution in [0.5, 0.6) is 0 Å². The van der Waals surface area contributed by atoms with Crippen LogP contribution in [0.2, 0.25) is 0 Å². The fourth-order valence-corrected chi connectivity index (χ4v) is 1.96. The first-order valence-corrected chi connectivity index (χ1v) is 5.94. The fraction of sp³-hybridized carbons (Fsp3) is 0.154. The quantitative estimate of drug-likeness (QED) is 0.830. The lowest BCUT2D eigenvalue weighted by molar-refractivity contribution is 0.591. The summed E-state index contributed by atoms with van der Waals surface area (Å²) in [5.41, 5.74) is 0.897. The zero-order valence-electron chi connectivity index (χ0n) is 9.65. The number of thiol groups is 1. The molecule has 94 valence electrons. The van der Waals surface area contributed by atoms with Crippen LogP contribution in [0.25, 0.3) is 5.69 Å². The zero-order chi connectivity index (χ0) is 13.3. The van der Waals surface area contributed by atoms with Crippen molar-refractivity contribution in [1.82, 2.24) is 4.57 Å². The summed E-state index contributed by atoms with van der Waals surface area (Å²) >= 11 is 4.04. The standard InChI is InChI=1S/C13H11F2NOS/c1-8-4-13(17)9(7-18)6-16(8)12-5-10(14)2-3-11(12)15/h2-6,18H,7H2,1H3. The molecule has 0 unspecified atom stereocenters. The maximum Gasteiger partial charge on any atom is 0.185 e. The van der Waals surface area contributed by atoms with Gasteiger partial charge in [-0.2, -0.15) is 12.6 Å². The van der Waals surface area contributed by atoms with Gasteiger partial charge >= 0.3 is 0 Å². The Morgan fingerprint density at radius 2 is 2.00 bits per heavy atom. The first-order valence-electron chi connectivity index (χ1n) is 5.31.